The van der Waals surface area contributed by atoms with Gasteiger partial charge < -0.3 is 4.74 Å². The van der Waals surface area contributed by atoms with E-state index in [4.69, 9.17) is 10.00 Å². The molecule has 1 rings (SSSR count). The Bertz CT molecular complexity index is 416. The molecule has 0 bridgehead atoms. The molecular weight excluding hydrogens is 178 g/mol. The van der Waals surface area contributed by atoms with Gasteiger partial charge in [-0.15, -0.1) is 0 Å². The summed E-state index contributed by atoms with van der Waals surface area (Å²) in [5, 5.41) is 8.71. The Morgan fingerprint density at radius 1 is 1.50 bits per heavy atom. The summed E-state index contributed by atoms with van der Waals surface area (Å²) in [5.41, 5.74) is 0.639. The van der Waals surface area contributed by atoms with Crippen molar-refractivity contribution in [2.45, 2.75) is 6.92 Å². The van der Waals surface area contributed by atoms with Crippen molar-refractivity contribution in [3.05, 3.63) is 42.0 Å². The third-order valence-electron chi connectivity index (χ3n) is 1.56. The molecule has 0 aliphatic carbocycles. The zero-order chi connectivity index (χ0) is 10.6. The lowest BCUT2D eigenvalue weighted by Gasteiger charge is -2.04. The Morgan fingerprint density at radius 3 is 2.71 bits per heavy atom. The zero-order valence-corrected chi connectivity index (χ0v) is 7.78. The van der Waals surface area contributed by atoms with Gasteiger partial charge in [-0.1, -0.05) is 18.7 Å². The van der Waals surface area contributed by atoms with Gasteiger partial charge in [0.15, 0.2) is 0 Å². The number of nitriles is 1. The smallest absolute Gasteiger partial charge is 0.338 e. The van der Waals surface area contributed by atoms with Crippen molar-refractivity contribution < 1.29 is 9.53 Å². The fourth-order valence-corrected chi connectivity index (χ4v) is 0.835. The first-order valence-electron chi connectivity index (χ1n) is 4.02. The van der Waals surface area contributed by atoms with E-state index >= 15 is 0 Å². The van der Waals surface area contributed by atoms with Crippen molar-refractivity contribution in [3.8, 4) is 11.8 Å². The van der Waals surface area contributed by atoms with Crippen LogP contribution in [-0.4, -0.2) is 5.97 Å². The third kappa shape index (κ3) is 2.20. The van der Waals surface area contributed by atoms with Crippen LogP contribution in [0.5, 0.6) is 5.75 Å². The van der Waals surface area contributed by atoms with Crippen LogP contribution in [0.25, 0.3) is 0 Å². The van der Waals surface area contributed by atoms with E-state index in [1.165, 1.54) is 0 Å². The highest BCUT2D eigenvalue weighted by atomic mass is 16.5. The molecule has 1 aromatic carbocycles. The summed E-state index contributed by atoms with van der Waals surface area (Å²) in [7, 11) is 0. The van der Waals surface area contributed by atoms with Crippen LogP contribution < -0.4 is 4.74 Å². The Kier molecular flexibility index (Phi) is 3.03. The molecule has 0 heterocycles. The van der Waals surface area contributed by atoms with Crippen LogP contribution in [-0.2, 0) is 4.79 Å². The number of ether oxygens (including phenoxy) is 1. The van der Waals surface area contributed by atoms with E-state index in [1.807, 2.05) is 6.07 Å². The number of hydrogen-bond acceptors (Lipinski definition) is 3. The molecule has 70 valence electrons. The average molecular weight is 187 g/mol. The lowest BCUT2D eigenvalue weighted by Crippen LogP contribution is -2.08. The van der Waals surface area contributed by atoms with E-state index in [0.29, 0.717) is 11.1 Å². The zero-order valence-electron chi connectivity index (χ0n) is 7.78. The maximum Gasteiger partial charge on any atom is 0.338 e. The molecule has 1 aromatic rings. The number of carbonyl (C=O) groups is 1. The Hall–Kier alpha value is -2.08. The molecule has 0 fully saturated rings. The highest BCUT2D eigenvalue weighted by molar-refractivity contribution is 5.89. The Balaban J connectivity index is 2.93. The first-order valence-corrected chi connectivity index (χ1v) is 4.02. The van der Waals surface area contributed by atoms with Gasteiger partial charge >= 0.3 is 5.97 Å². The van der Waals surface area contributed by atoms with Crippen molar-refractivity contribution in [1.82, 2.24) is 0 Å². The minimum Gasteiger partial charge on any atom is -0.422 e. The third-order valence-corrected chi connectivity index (χ3v) is 1.56. The highest BCUT2D eigenvalue weighted by Crippen LogP contribution is 2.17. The number of para-hydroxylation sites is 1. The molecule has 0 aliphatic rings. The first kappa shape index (κ1) is 10.0. The van der Waals surface area contributed by atoms with Crippen LogP contribution in [0.3, 0.4) is 0 Å². The molecule has 0 atom stereocenters. The van der Waals surface area contributed by atoms with Crippen LogP contribution in [0.2, 0.25) is 0 Å². The van der Waals surface area contributed by atoms with E-state index in [0.717, 1.165) is 0 Å². The van der Waals surface area contributed by atoms with Gasteiger partial charge in [-0.2, -0.15) is 5.26 Å². The van der Waals surface area contributed by atoms with Crippen LogP contribution in [0.15, 0.2) is 36.4 Å². The van der Waals surface area contributed by atoms with Crippen LogP contribution >= 0.6 is 0 Å². The Morgan fingerprint density at radius 2 is 2.14 bits per heavy atom. The van der Waals surface area contributed by atoms with Gasteiger partial charge in [0.25, 0.3) is 0 Å². The van der Waals surface area contributed by atoms with E-state index in [1.54, 1.807) is 31.2 Å². The quantitative estimate of drug-likeness (QED) is 0.404. The number of benzene rings is 1. The van der Waals surface area contributed by atoms with E-state index < -0.39 is 5.97 Å². The second kappa shape index (κ2) is 4.24. The lowest BCUT2D eigenvalue weighted by molar-refractivity contribution is -0.130. The van der Waals surface area contributed by atoms with Gasteiger partial charge in [-0.25, -0.2) is 4.79 Å². The normalized spacial score (nSPS) is 8.86. The van der Waals surface area contributed by atoms with Crippen LogP contribution in [0.4, 0.5) is 0 Å². The molecule has 0 aliphatic heterocycles. The van der Waals surface area contributed by atoms with Crippen molar-refractivity contribution in [1.29, 1.82) is 5.26 Å². The predicted molar refractivity (Wildman–Crippen MR) is 51.6 cm³/mol. The van der Waals surface area contributed by atoms with Crippen LogP contribution in [0, 0.1) is 11.3 Å². The number of esters is 1. The van der Waals surface area contributed by atoms with Gasteiger partial charge in [0, 0.05) is 5.57 Å². The molecule has 0 amide bonds. The van der Waals surface area contributed by atoms with E-state index in [-0.39, 0.29) is 5.75 Å². The summed E-state index contributed by atoms with van der Waals surface area (Å²) in [4.78, 5) is 11.1. The molecule has 0 aromatic heterocycles. The lowest BCUT2D eigenvalue weighted by atomic mass is 10.2. The summed E-state index contributed by atoms with van der Waals surface area (Å²) < 4.78 is 4.94. The molecule has 0 radical (unpaired) electrons. The second-order valence-electron chi connectivity index (χ2n) is 2.78. The van der Waals surface area contributed by atoms with Gasteiger partial charge in [0.2, 0.25) is 0 Å². The first-order chi connectivity index (χ1) is 6.65. The number of nitrogens with zero attached hydrogens (tertiary/aromatic N) is 1. The summed E-state index contributed by atoms with van der Waals surface area (Å²) >= 11 is 0. The molecular formula is C11H9NO2. The SMILES string of the molecule is C=C(C)C(=O)Oc1ccccc1C#N. The summed E-state index contributed by atoms with van der Waals surface area (Å²) in [6.07, 6.45) is 0. The second-order valence-corrected chi connectivity index (χ2v) is 2.78. The van der Waals surface area contributed by atoms with Crippen molar-refractivity contribution >= 4 is 5.97 Å². The standard InChI is InChI=1S/C11H9NO2/c1-8(2)11(13)14-10-6-4-3-5-9(10)7-12/h3-6H,1H2,2H3. The van der Waals surface area contributed by atoms with Gasteiger partial charge in [-0.05, 0) is 19.1 Å². The summed E-state index contributed by atoms with van der Waals surface area (Å²) in [6.45, 7) is 5.00. The van der Waals surface area contributed by atoms with Crippen LogP contribution in [0.1, 0.15) is 12.5 Å². The highest BCUT2D eigenvalue weighted by Gasteiger charge is 2.08. The fraction of sp³-hybridized carbons (Fsp3) is 0.0909. The van der Waals surface area contributed by atoms with Gasteiger partial charge in [0.1, 0.15) is 11.8 Å². The van der Waals surface area contributed by atoms with Crippen molar-refractivity contribution in [3.63, 3.8) is 0 Å². The van der Waals surface area contributed by atoms with Gasteiger partial charge in [0.05, 0.1) is 5.56 Å². The van der Waals surface area contributed by atoms with Crippen molar-refractivity contribution in [2.75, 3.05) is 0 Å². The molecule has 0 saturated heterocycles. The molecule has 14 heavy (non-hydrogen) atoms. The monoisotopic (exact) mass is 187 g/mol. The summed E-state index contributed by atoms with van der Waals surface area (Å²) in [5.74, 6) is -0.254. The van der Waals surface area contributed by atoms with E-state index in [9.17, 15) is 4.79 Å². The predicted octanol–water partition coefficient (Wildman–Crippen LogP) is 2.04. The minimum absolute atomic E-state index is 0.267. The topological polar surface area (TPSA) is 50.1 Å². The molecule has 0 N–H and O–H groups in total. The maximum absolute atomic E-state index is 11.1. The number of hydrogen-bond donors (Lipinski definition) is 0. The molecule has 0 saturated carbocycles. The molecule has 3 nitrogen and oxygen atoms in total. The molecule has 3 heteroatoms. The van der Waals surface area contributed by atoms with E-state index in [2.05, 4.69) is 6.58 Å². The maximum atomic E-state index is 11.1. The minimum atomic E-state index is -0.521. The molecule has 0 spiro atoms. The largest absolute Gasteiger partial charge is 0.422 e. The number of carbonyl (C=O) groups excluding carboxylic acids is 1. The van der Waals surface area contributed by atoms with Gasteiger partial charge in [-0.3, -0.25) is 0 Å². The number of rotatable bonds is 2. The average Bonchev–Trinajstić information content (AvgIpc) is 2.18. The van der Waals surface area contributed by atoms with Crippen molar-refractivity contribution in [2.24, 2.45) is 0 Å². The summed E-state index contributed by atoms with van der Waals surface area (Å²) in [6, 6.07) is 8.49. The fourth-order valence-electron chi connectivity index (χ4n) is 0.835. The Labute approximate surface area is 82.2 Å². The molecule has 0 unspecified atom stereocenters.